The number of rotatable bonds is 7. The van der Waals surface area contributed by atoms with Gasteiger partial charge in [-0.15, -0.1) is 24.0 Å². The molecule has 0 radical (unpaired) electrons. The number of aliphatic imine (C=N–C) groups is 1. The average Bonchev–Trinajstić information content (AvgIpc) is 3.00. The number of hydrogen-bond acceptors (Lipinski definition) is 3. The predicted molar refractivity (Wildman–Crippen MR) is 111 cm³/mol. The molecule has 1 fully saturated rings. The maximum Gasteiger partial charge on any atom is 0.188 e. The van der Waals surface area contributed by atoms with Gasteiger partial charge in [-0.2, -0.15) is 0 Å². The normalized spacial score (nSPS) is 18.3. The fraction of sp³-hybridized carbons (Fsp3) is 0.611. The van der Waals surface area contributed by atoms with Gasteiger partial charge < -0.3 is 15.8 Å². The third-order valence-corrected chi connectivity index (χ3v) is 4.37. The fourth-order valence-corrected chi connectivity index (χ4v) is 3.07. The number of nitrogens with two attached hydrogens (primary N) is 1. The van der Waals surface area contributed by atoms with Crippen LogP contribution in [0.1, 0.15) is 37.8 Å². The van der Waals surface area contributed by atoms with E-state index in [-0.39, 0.29) is 24.0 Å². The molecular weight excluding hydrogens is 415 g/mol. The minimum absolute atomic E-state index is 0. The van der Waals surface area contributed by atoms with E-state index in [0.717, 1.165) is 24.4 Å². The Hall–Kier alpha value is -1.02. The van der Waals surface area contributed by atoms with Crippen LogP contribution in [0.15, 0.2) is 23.2 Å². The lowest BCUT2D eigenvalue weighted by Crippen LogP contribution is -2.42. The number of ether oxygens (including phenoxy) is 1. The summed E-state index contributed by atoms with van der Waals surface area (Å²) in [6.07, 6.45) is 2.51. The van der Waals surface area contributed by atoms with Gasteiger partial charge in [-0.3, -0.25) is 4.90 Å². The molecule has 0 spiro atoms. The van der Waals surface area contributed by atoms with Crippen molar-refractivity contribution in [1.82, 2.24) is 10.2 Å². The van der Waals surface area contributed by atoms with Crippen LogP contribution in [0.5, 0.6) is 5.75 Å². The first-order valence-corrected chi connectivity index (χ1v) is 8.64. The van der Waals surface area contributed by atoms with Crippen molar-refractivity contribution in [3.8, 4) is 5.75 Å². The van der Waals surface area contributed by atoms with Gasteiger partial charge in [0, 0.05) is 18.2 Å². The summed E-state index contributed by atoms with van der Waals surface area (Å²) in [5.41, 5.74) is 8.28. The van der Waals surface area contributed by atoms with Gasteiger partial charge in [-0.05, 0) is 51.4 Å². The van der Waals surface area contributed by atoms with Crippen LogP contribution in [0.2, 0.25) is 0 Å². The van der Waals surface area contributed by atoms with Crippen molar-refractivity contribution >= 4 is 29.9 Å². The van der Waals surface area contributed by atoms with E-state index in [1.54, 1.807) is 0 Å². The molecule has 1 atom stereocenters. The van der Waals surface area contributed by atoms with E-state index in [1.165, 1.54) is 24.9 Å². The molecule has 136 valence electrons. The fourth-order valence-electron chi connectivity index (χ4n) is 3.07. The Morgan fingerprint density at radius 1 is 1.42 bits per heavy atom. The third kappa shape index (κ3) is 6.12. The largest absolute Gasteiger partial charge is 0.494 e. The number of benzene rings is 1. The average molecular weight is 446 g/mol. The van der Waals surface area contributed by atoms with Gasteiger partial charge in [0.15, 0.2) is 5.96 Å². The molecule has 1 heterocycles. The lowest BCUT2D eigenvalue weighted by Gasteiger charge is -2.23. The molecule has 3 N–H and O–H groups in total. The van der Waals surface area contributed by atoms with E-state index in [1.807, 2.05) is 6.92 Å². The Morgan fingerprint density at radius 3 is 2.92 bits per heavy atom. The van der Waals surface area contributed by atoms with Crippen LogP contribution >= 0.6 is 24.0 Å². The predicted octanol–water partition coefficient (Wildman–Crippen LogP) is 2.90. The van der Waals surface area contributed by atoms with Crippen molar-refractivity contribution in [3.63, 3.8) is 0 Å². The molecule has 0 saturated carbocycles. The highest BCUT2D eigenvalue weighted by Gasteiger charge is 2.22. The van der Waals surface area contributed by atoms with Crippen molar-refractivity contribution < 1.29 is 4.74 Å². The second-order valence-electron chi connectivity index (χ2n) is 6.05. The number of likely N-dealkylation sites (N-methyl/N-ethyl adjacent to an activating group) is 1. The molecule has 1 aliphatic rings. The van der Waals surface area contributed by atoms with Crippen LogP contribution in [0.4, 0.5) is 0 Å². The maximum atomic E-state index is 6.02. The summed E-state index contributed by atoms with van der Waals surface area (Å²) in [4.78, 5) is 6.96. The second kappa shape index (κ2) is 10.8. The quantitative estimate of drug-likeness (QED) is 0.384. The van der Waals surface area contributed by atoms with E-state index in [2.05, 4.69) is 47.3 Å². The van der Waals surface area contributed by atoms with E-state index in [0.29, 0.717) is 25.2 Å². The number of hydrogen-bond donors (Lipinski definition) is 2. The Kier molecular flexibility index (Phi) is 9.43. The van der Waals surface area contributed by atoms with Gasteiger partial charge >= 0.3 is 0 Å². The Morgan fingerprint density at radius 2 is 2.21 bits per heavy atom. The highest BCUT2D eigenvalue weighted by atomic mass is 127. The number of nitrogens with zero attached hydrogens (tertiary/aromatic N) is 2. The molecular formula is C18H31IN4O. The molecule has 1 aliphatic heterocycles. The van der Waals surface area contributed by atoms with Crippen molar-refractivity contribution in [2.24, 2.45) is 10.7 Å². The van der Waals surface area contributed by atoms with Crippen molar-refractivity contribution in [1.29, 1.82) is 0 Å². The zero-order valence-corrected chi connectivity index (χ0v) is 17.4. The highest BCUT2D eigenvalue weighted by molar-refractivity contribution is 14.0. The van der Waals surface area contributed by atoms with Crippen LogP contribution in [0.25, 0.3) is 0 Å². The molecule has 0 amide bonds. The molecule has 0 aromatic heterocycles. The van der Waals surface area contributed by atoms with Gasteiger partial charge in [0.05, 0.1) is 13.2 Å². The molecule has 6 heteroatoms. The lowest BCUT2D eigenvalue weighted by atomic mass is 10.1. The molecule has 2 rings (SSSR count). The number of aryl methyl sites for hydroxylation is 1. The summed E-state index contributed by atoms with van der Waals surface area (Å²) in [6.45, 7) is 10.6. The first-order chi connectivity index (χ1) is 11.1. The smallest absolute Gasteiger partial charge is 0.188 e. The number of likely N-dealkylation sites (tertiary alicyclic amines) is 1. The molecule has 5 nitrogen and oxygen atoms in total. The van der Waals surface area contributed by atoms with Crippen LogP contribution in [0, 0.1) is 6.92 Å². The summed E-state index contributed by atoms with van der Waals surface area (Å²) >= 11 is 0. The summed E-state index contributed by atoms with van der Waals surface area (Å²) in [5, 5.41) is 3.27. The van der Waals surface area contributed by atoms with Crippen LogP contribution in [0.3, 0.4) is 0 Å². The Bertz CT molecular complexity index is 536. The van der Waals surface area contributed by atoms with Gasteiger partial charge in [0.25, 0.3) is 0 Å². The number of halogens is 1. The maximum absolute atomic E-state index is 6.02. The molecule has 1 saturated heterocycles. The van der Waals surface area contributed by atoms with Gasteiger partial charge in [-0.1, -0.05) is 19.1 Å². The molecule has 1 aromatic rings. The molecule has 1 unspecified atom stereocenters. The van der Waals surface area contributed by atoms with E-state index < -0.39 is 0 Å². The number of nitrogens with one attached hydrogen (secondary N) is 1. The highest BCUT2D eigenvalue weighted by Crippen LogP contribution is 2.21. The van der Waals surface area contributed by atoms with E-state index in [9.17, 15) is 0 Å². The van der Waals surface area contributed by atoms with Crippen LogP contribution in [-0.2, 0) is 6.54 Å². The summed E-state index contributed by atoms with van der Waals surface area (Å²) < 4.78 is 5.68. The molecule has 0 aliphatic carbocycles. The summed E-state index contributed by atoms with van der Waals surface area (Å²) in [5.74, 6) is 1.41. The van der Waals surface area contributed by atoms with E-state index in [4.69, 9.17) is 10.5 Å². The minimum atomic E-state index is 0. The minimum Gasteiger partial charge on any atom is -0.494 e. The molecule has 1 aromatic carbocycles. The Balaban J connectivity index is 0.00000288. The molecule has 24 heavy (non-hydrogen) atoms. The van der Waals surface area contributed by atoms with Gasteiger partial charge in [0.2, 0.25) is 0 Å². The van der Waals surface area contributed by atoms with Crippen LogP contribution < -0.4 is 15.8 Å². The standard InChI is InChI=1S/C18H30N4O.HI/c1-4-22-10-6-7-16(22)13-21-18(19)20-12-15-9-8-14(3)11-17(15)23-5-2;/h8-9,11,16H,4-7,10,12-13H2,1-3H3,(H3,19,20,21);1H. The lowest BCUT2D eigenvalue weighted by molar-refractivity contribution is 0.267. The number of guanidine groups is 1. The summed E-state index contributed by atoms with van der Waals surface area (Å²) in [6, 6.07) is 6.77. The topological polar surface area (TPSA) is 62.9 Å². The van der Waals surface area contributed by atoms with E-state index >= 15 is 0 Å². The summed E-state index contributed by atoms with van der Waals surface area (Å²) in [7, 11) is 0. The van der Waals surface area contributed by atoms with Crippen LogP contribution in [-0.4, -0.2) is 43.1 Å². The van der Waals surface area contributed by atoms with Crippen molar-refractivity contribution in [2.75, 3.05) is 26.2 Å². The third-order valence-electron chi connectivity index (χ3n) is 4.37. The SMILES string of the molecule is CCOc1cc(C)ccc1CN=C(N)NCC1CCCN1CC.I. The first-order valence-electron chi connectivity index (χ1n) is 8.64. The second-order valence-corrected chi connectivity index (χ2v) is 6.05. The first kappa shape index (κ1) is 21.0. The van der Waals surface area contributed by atoms with Gasteiger partial charge in [0.1, 0.15) is 5.75 Å². The Labute approximate surface area is 163 Å². The van der Waals surface area contributed by atoms with Crippen molar-refractivity contribution in [3.05, 3.63) is 29.3 Å². The zero-order valence-electron chi connectivity index (χ0n) is 15.0. The van der Waals surface area contributed by atoms with Gasteiger partial charge in [-0.25, -0.2) is 4.99 Å². The monoisotopic (exact) mass is 446 g/mol. The zero-order chi connectivity index (χ0) is 16.7. The molecule has 0 bridgehead atoms. The van der Waals surface area contributed by atoms with Crippen molar-refractivity contribution in [2.45, 2.75) is 46.2 Å².